The van der Waals surface area contributed by atoms with Crippen LogP contribution in [-0.2, 0) is 12.0 Å². The Hall–Kier alpha value is -5.14. The lowest BCUT2D eigenvalue weighted by Crippen LogP contribution is -2.16. The Morgan fingerprint density at radius 3 is 1.92 bits per heavy atom. The van der Waals surface area contributed by atoms with E-state index in [9.17, 15) is 0 Å². The molecule has 2 aliphatic carbocycles. The summed E-state index contributed by atoms with van der Waals surface area (Å²) in [6.45, 7) is 12.2. The smallest absolute Gasteiger partial charge is 0.0400 e. The van der Waals surface area contributed by atoms with Gasteiger partial charge in [0.2, 0.25) is 0 Å². The van der Waals surface area contributed by atoms with Crippen molar-refractivity contribution in [2.75, 3.05) is 5.32 Å². The van der Waals surface area contributed by atoms with E-state index in [1.54, 1.807) is 0 Å². The van der Waals surface area contributed by atoms with Gasteiger partial charge in [0.05, 0.1) is 0 Å². The van der Waals surface area contributed by atoms with E-state index in [4.69, 9.17) is 0 Å². The Balaban J connectivity index is 0.00000122. The van der Waals surface area contributed by atoms with Gasteiger partial charge in [-0.15, -0.1) is 0 Å². The lowest BCUT2D eigenvalue weighted by Gasteiger charge is -2.26. The highest BCUT2D eigenvalue weighted by atomic mass is 14.9. The van der Waals surface area contributed by atoms with Crippen LogP contribution in [0.5, 0.6) is 0 Å². The number of allylic oxidation sites excluding steroid dienone is 4. The second-order valence-electron chi connectivity index (χ2n) is 14.2. The second-order valence-corrected chi connectivity index (χ2v) is 14.2. The van der Waals surface area contributed by atoms with Crippen molar-refractivity contribution in [1.29, 1.82) is 0 Å². The van der Waals surface area contributed by atoms with Crippen LogP contribution >= 0.6 is 0 Å². The molecule has 0 bridgehead atoms. The van der Waals surface area contributed by atoms with E-state index < -0.39 is 0 Å². The van der Waals surface area contributed by atoms with Gasteiger partial charge in [0.1, 0.15) is 0 Å². The molecule has 49 heavy (non-hydrogen) atoms. The predicted molar refractivity (Wildman–Crippen MR) is 213 cm³/mol. The maximum atomic E-state index is 3.67. The summed E-state index contributed by atoms with van der Waals surface area (Å²) < 4.78 is 0. The summed E-state index contributed by atoms with van der Waals surface area (Å²) in [5.74, 6) is 0.504. The third-order valence-corrected chi connectivity index (χ3v) is 10.0. The number of fused-ring (bicyclic) bond motifs is 5. The number of hydrogen-bond acceptors (Lipinski definition) is 1. The standard InChI is InChI=1S/C45H39N.C3H8/c1-30-18-24-36(34-14-8-5-9-15-34)40(26-30)41-28-43-44(38-17-11-10-16-37(38)41)39-25-19-31(27-42(39)45(43,2)3)29-46-35-22-20-33(21-23-35)32-12-6-4-7-13-32;1-3-2/h4-17,19-28,30,46H,18,29H2,1-3H3;3H2,1-2H3. The number of hydrogen-bond donors (Lipinski definition) is 1. The molecule has 6 aromatic carbocycles. The number of benzene rings is 6. The van der Waals surface area contributed by atoms with Crippen LogP contribution in [0, 0.1) is 5.92 Å². The fraction of sp³-hybridized carbons (Fsp3) is 0.208. The predicted octanol–water partition coefficient (Wildman–Crippen LogP) is 13.3. The molecule has 1 heteroatoms. The molecule has 0 aliphatic heterocycles. The fourth-order valence-electron chi connectivity index (χ4n) is 7.56. The van der Waals surface area contributed by atoms with Crippen LogP contribution in [0.4, 0.5) is 5.69 Å². The van der Waals surface area contributed by atoms with Gasteiger partial charge < -0.3 is 5.32 Å². The molecule has 1 N–H and O–H groups in total. The molecule has 0 heterocycles. The minimum absolute atomic E-state index is 0.117. The van der Waals surface area contributed by atoms with Crippen LogP contribution in [0.1, 0.15) is 75.3 Å². The summed E-state index contributed by atoms with van der Waals surface area (Å²) in [6, 6.07) is 48.9. The van der Waals surface area contributed by atoms with Gasteiger partial charge in [-0.25, -0.2) is 0 Å². The van der Waals surface area contributed by atoms with Crippen LogP contribution in [0.15, 0.2) is 146 Å². The molecule has 1 unspecified atom stereocenters. The molecule has 0 saturated carbocycles. The highest BCUT2D eigenvalue weighted by molar-refractivity contribution is 6.15. The molecule has 244 valence electrons. The normalized spacial score (nSPS) is 15.7. The SMILES string of the molecule is CC1C=C(c2cc3c(c4ccccc24)-c2ccc(CNc4ccc(-c5ccccc5)cc4)cc2C3(C)C)C(c2ccccc2)=CC1.CCC. The van der Waals surface area contributed by atoms with Crippen LogP contribution in [0.3, 0.4) is 0 Å². The first-order valence-corrected chi connectivity index (χ1v) is 18.0. The highest BCUT2D eigenvalue weighted by Crippen LogP contribution is 2.54. The average molecular weight is 638 g/mol. The largest absolute Gasteiger partial charge is 0.381 e. The summed E-state index contributed by atoms with van der Waals surface area (Å²) >= 11 is 0. The molecule has 0 amide bonds. The van der Waals surface area contributed by atoms with E-state index in [0.717, 1.165) is 18.7 Å². The van der Waals surface area contributed by atoms with Crippen molar-refractivity contribution >= 4 is 27.6 Å². The molecule has 1 atom stereocenters. The van der Waals surface area contributed by atoms with E-state index in [1.807, 2.05) is 0 Å². The zero-order valence-corrected chi connectivity index (χ0v) is 29.6. The third kappa shape index (κ3) is 6.27. The van der Waals surface area contributed by atoms with Crippen molar-refractivity contribution in [3.63, 3.8) is 0 Å². The summed E-state index contributed by atoms with van der Waals surface area (Å²) in [4.78, 5) is 0. The number of rotatable bonds is 6. The van der Waals surface area contributed by atoms with Crippen molar-refractivity contribution in [3.05, 3.63) is 173 Å². The van der Waals surface area contributed by atoms with Gasteiger partial charge in [-0.1, -0.05) is 168 Å². The molecule has 0 saturated heterocycles. The number of anilines is 1. The van der Waals surface area contributed by atoms with Gasteiger partial charge >= 0.3 is 0 Å². The third-order valence-electron chi connectivity index (χ3n) is 10.0. The molecular formula is C48H47N. The Bertz CT molecular complexity index is 2150. The van der Waals surface area contributed by atoms with Crippen molar-refractivity contribution < 1.29 is 0 Å². The zero-order valence-electron chi connectivity index (χ0n) is 29.6. The quantitative estimate of drug-likeness (QED) is 0.192. The van der Waals surface area contributed by atoms with Crippen LogP contribution in [-0.4, -0.2) is 0 Å². The topological polar surface area (TPSA) is 12.0 Å². The molecule has 2 aliphatic rings. The Morgan fingerprint density at radius 1 is 0.612 bits per heavy atom. The van der Waals surface area contributed by atoms with E-state index in [-0.39, 0.29) is 5.41 Å². The molecule has 0 radical (unpaired) electrons. The average Bonchev–Trinajstić information content (AvgIpc) is 3.37. The molecule has 1 nitrogen and oxygen atoms in total. The van der Waals surface area contributed by atoms with Gasteiger partial charge in [-0.3, -0.25) is 0 Å². The summed E-state index contributed by atoms with van der Waals surface area (Å²) in [7, 11) is 0. The summed E-state index contributed by atoms with van der Waals surface area (Å²) in [5.41, 5.74) is 15.7. The van der Waals surface area contributed by atoms with E-state index in [0.29, 0.717) is 5.92 Å². The first-order valence-electron chi connectivity index (χ1n) is 18.0. The van der Waals surface area contributed by atoms with Crippen LogP contribution in [0.25, 0.3) is 44.2 Å². The zero-order chi connectivity index (χ0) is 34.0. The molecular weight excluding hydrogens is 591 g/mol. The van der Waals surface area contributed by atoms with Gasteiger partial charge in [0.25, 0.3) is 0 Å². The fourth-order valence-corrected chi connectivity index (χ4v) is 7.56. The first kappa shape index (κ1) is 32.4. The van der Waals surface area contributed by atoms with Gasteiger partial charge in [0, 0.05) is 17.6 Å². The maximum absolute atomic E-state index is 3.67. The highest BCUT2D eigenvalue weighted by Gasteiger charge is 2.38. The van der Waals surface area contributed by atoms with E-state index in [1.165, 1.54) is 78.4 Å². The molecule has 0 fully saturated rings. The molecule has 6 aromatic rings. The molecule has 8 rings (SSSR count). The van der Waals surface area contributed by atoms with Gasteiger partial charge in [-0.2, -0.15) is 0 Å². The van der Waals surface area contributed by atoms with E-state index in [2.05, 4.69) is 186 Å². The minimum Gasteiger partial charge on any atom is -0.381 e. The Kier molecular flexibility index (Phi) is 9.11. The lowest BCUT2D eigenvalue weighted by molar-refractivity contribution is 0.659. The van der Waals surface area contributed by atoms with Crippen molar-refractivity contribution in [1.82, 2.24) is 0 Å². The van der Waals surface area contributed by atoms with Crippen LogP contribution in [0.2, 0.25) is 0 Å². The minimum atomic E-state index is -0.117. The monoisotopic (exact) mass is 637 g/mol. The molecule has 0 spiro atoms. The van der Waals surface area contributed by atoms with Gasteiger partial charge in [0.15, 0.2) is 0 Å². The maximum Gasteiger partial charge on any atom is 0.0400 e. The molecule has 0 aromatic heterocycles. The van der Waals surface area contributed by atoms with Crippen molar-refractivity contribution in [2.45, 2.75) is 59.4 Å². The van der Waals surface area contributed by atoms with Crippen molar-refractivity contribution in [2.24, 2.45) is 5.92 Å². The summed E-state index contributed by atoms with van der Waals surface area (Å²) in [5, 5.41) is 6.35. The number of nitrogens with one attached hydrogen (secondary N) is 1. The van der Waals surface area contributed by atoms with Gasteiger partial charge in [-0.05, 0) is 103 Å². The second kappa shape index (κ2) is 13.8. The van der Waals surface area contributed by atoms with Crippen molar-refractivity contribution in [3.8, 4) is 22.3 Å². The Morgan fingerprint density at radius 2 is 1.22 bits per heavy atom. The summed E-state index contributed by atoms with van der Waals surface area (Å²) in [6.07, 6.45) is 7.27. The Labute approximate surface area is 293 Å². The van der Waals surface area contributed by atoms with E-state index >= 15 is 0 Å². The first-order chi connectivity index (χ1) is 23.9. The lowest BCUT2D eigenvalue weighted by atomic mass is 9.77. The van der Waals surface area contributed by atoms with Crippen LogP contribution < -0.4 is 5.32 Å².